The largest absolute Gasteiger partial charge is 0.494 e. The molecule has 0 aliphatic heterocycles. The molecule has 1 aromatic rings. The Kier molecular flexibility index (Phi) is 3.62. The van der Waals surface area contributed by atoms with Crippen molar-refractivity contribution in [3.05, 3.63) is 47.0 Å². The summed E-state index contributed by atoms with van der Waals surface area (Å²) in [5.41, 5.74) is 1.62. The zero-order valence-corrected chi connectivity index (χ0v) is 9.32. The van der Waals surface area contributed by atoms with Gasteiger partial charge in [-0.1, -0.05) is 42.4 Å². The van der Waals surface area contributed by atoms with Crippen molar-refractivity contribution in [2.45, 2.75) is 0 Å². The van der Waals surface area contributed by atoms with Crippen LogP contribution < -0.4 is 4.74 Å². The molecule has 0 aliphatic carbocycles. The topological polar surface area (TPSA) is 9.23 Å². The van der Waals surface area contributed by atoms with E-state index in [1.165, 1.54) is 7.11 Å². The number of rotatable bonds is 3. The van der Waals surface area contributed by atoms with Gasteiger partial charge in [0, 0.05) is 0 Å². The third kappa shape index (κ3) is 2.11. The molecule has 0 aromatic heterocycles. The maximum Gasteiger partial charge on any atom is 0.156 e. The smallest absolute Gasteiger partial charge is 0.156 e. The van der Waals surface area contributed by atoms with Gasteiger partial charge in [-0.2, -0.15) is 0 Å². The van der Waals surface area contributed by atoms with Gasteiger partial charge in [0.25, 0.3) is 0 Å². The van der Waals surface area contributed by atoms with E-state index >= 15 is 0 Å². The van der Waals surface area contributed by atoms with Gasteiger partial charge in [-0.15, -0.1) is 0 Å². The molecule has 0 amide bonds. The second-order valence-electron chi connectivity index (χ2n) is 2.70. The summed E-state index contributed by atoms with van der Waals surface area (Å²) < 4.78 is 5.02. The summed E-state index contributed by atoms with van der Waals surface area (Å²) in [6.45, 7) is 7.43. The van der Waals surface area contributed by atoms with Crippen molar-refractivity contribution in [1.82, 2.24) is 0 Å². The van der Waals surface area contributed by atoms with Crippen molar-refractivity contribution in [3.63, 3.8) is 0 Å². The van der Waals surface area contributed by atoms with E-state index in [-0.39, 0.29) is 0 Å². The zero-order chi connectivity index (χ0) is 10.7. The molecule has 0 saturated carbocycles. The van der Waals surface area contributed by atoms with E-state index in [9.17, 15) is 0 Å². The quantitative estimate of drug-likeness (QED) is 0.705. The Morgan fingerprint density at radius 3 is 2.21 bits per heavy atom. The first-order valence-corrected chi connectivity index (χ1v) is 4.70. The fourth-order valence-electron chi connectivity index (χ4n) is 1.06. The lowest BCUT2D eigenvalue weighted by Crippen LogP contribution is -1.88. The standard InChI is InChI=1S/C11H10Cl2O/c1-4-7(2)8-5-9(12)11(14-3)10(13)6-8/h4-6H,1-2H2,3H3. The summed E-state index contributed by atoms with van der Waals surface area (Å²) in [5, 5.41) is 0.941. The average Bonchev–Trinajstić information content (AvgIpc) is 2.16. The van der Waals surface area contributed by atoms with Crippen LogP contribution in [0.15, 0.2) is 31.4 Å². The highest BCUT2D eigenvalue weighted by Gasteiger charge is 2.08. The molecule has 1 aromatic carbocycles. The lowest BCUT2D eigenvalue weighted by Gasteiger charge is -2.08. The van der Waals surface area contributed by atoms with Crippen LogP contribution in [0.25, 0.3) is 5.57 Å². The van der Waals surface area contributed by atoms with Gasteiger partial charge in [-0.3, -0.25) is 0 Å². The number of hydrogen-bond acceptors (Lipinski definition) is 1. The molecule has 1 nitrogen and oxygen atoms in total. The van der Waals surface area contributed by atoms with Gasteiger partial charge in [0.15, 0.2) is 5.75 Å². The summed E-state index contributed by atoms with van der Waals surface area (Å²) in [6, 6.07) is 3.49. The molecule has 0 atom stereocenters. The highest BCUT2D eigenvalue weighted by molar-refractivity contribution is 6.37. The number of methoxy groups -OCH3 is 1. The SMILES string of the molecule is C=CC(=C)c1cc(Cl)c(OC)c(Cl)c1. The van der Waals surface area contributed by atoms with Crippen molar-refractivity contribution >= 4 is 28.8 Å². The third-order valence-electron chi connectivity index (χ3n) is 1.82. The molecular weight excluding hydrogens is 219 g/mol. The summed E-state index contributed by atoms with van der Waals surface area (Å²) in [6.07, 6.45) is 1.65. The van der Waals surface area contributed by atoms with Crippen molar-refractivity contribution < 1.29 is 4.74 Å². The van der Waals surface area contributed by atoms with Gasteiger partial charge < -0.3 is 4.74 Å². The molecule has 0 saturated heterocycles. The molecule has 74 valence electrons. The minimum atomic E-state index is 0.470. The van der Waals surface area contributed by atoms with Crippen molar-refractivity contribution in [1.29, 1.82) is 0 Å². The molecule has 0 aliphatic rings. The minimum Gasteiger partial charge on any atom is -0.494 e. The Bertz CT molecular complexity index is 360. The van der Waals surface area contributed by atoms with Gasteiger partial charge in [0.05, 0.1) is 17.2 Å². The van der Waals surface area contributed by atoms with E-state index in [2.05, 4.69) is 13.2 Å². The summed E-state index contributed by atoms with van der Waals surface area (Å²) >= 11 is 11.9. The molecule has 0 unspecified atom stereocenters. The predicted molar refractivity (Wildman–Crippen MR) is 62.2 cm³/mol. The Labute approximate surface area is 93.6 Å². The number of allylic oxidation sites excluding steroid dienone is 2. The lowest BCUT2D eigenvalue weighted by atomic mass is 10.1. The van der Waals surface area contributed by atoms with Gasteiger partial charge in [-0.25, -0.2) is 0 Å². The fourth-order valence-corrected chi connectivity index (χ4v) is 1.70. The molecule has 0 heterocycles. The number of ether oxygens (including phenoxy) is 1. The first-order chi connectivity index (χ1) is 6.60. The first kappa shape index (κ1) is 11.2. The number of benzene rings is 1. The van der Waals surface area contributed by atoms with E-state index in [4.69, 9.17) is 27.9 Å². The molecule has 3 heteroatoms. The summed E-state index contributed by atoms with van der Waals surface area (Å²) in [5.74, 6) is 0.481. The van der Waals surface area contributed by atoms with E-state index in [0.717, 1.165) is 11.1 Å². The molecule has 0 spiro atoms. The van der Waals surface area contributed by atoms with Crippen LogP contribution in [0.5, 0.6) is 5.75 Å². The fraction of sp³-hybridized carbons (Fsp3) is 0.0909. The molecule has 14 heavy (non-hydrogen) atoms. The van der Waals surface area contributed by atoms with Crippen LogP contribution in [0.2, 0.25) is 10.0 Å². The summed E-state index contributed by atoms with van der Waals surface area (Å²) in [7, 11) is 1.52. The van der Waals surface area contributed by atoms with Crippen LogP contribution in [-0.2, 0) is 0 Å². The van der Waals surface area contributed by atoms with Crippen LogP contribution in [0.1, 0.15) is 5.56 Å². The maximum absolute atomic E-state index is 5.95. The van der Waals surface area contributed by atoms with Crippen LogP contribution in [0, 0.1) is 0 Å². The van der Waals surface area contributed by atoms with Gasteiger partial charge in [0.2, 0.25) is 0 Å². The van der Waals surface area contributed by atoms with E-state index < -0.39 is 0 Å². The highest BCUT2D eigenvalue weighted by atomic mass is 35.5. The molecule has 0 N–H and O–H groups in total. The van der Waals surface area contributed by atoms with Crippen LogP contribution >= 0.6 is 23.2 Å². The van der Waals surface area contributed by atoms with Gasteiger partial charge in [0.1, 0.15) is 0 Å². The molecule has 0 bridgehead atoms. The Morgan fingerprint density at radius 1 is 1.36 bits per heavy atom. The van der Waals surface area contributed by atoms with Crippen LogP contribution in [-0.4, -0.2) is 7.11 Å². The number of halogens is 2. The lowest BCUT2D eigenvalue weighted by molar-refractivity contribution is 0.415. The highest BCUT2D eigenvalue weighted by Crippen LogP contribution is 2.35. The Hall–Kier alpha value is -0.920. The first-order valence-electron chi connectivity index (χ1n) is 3.95. The molecule has 0 radical (unpaired) electrons. The normalized spacial score (nSPS) is 9.64. The van der Waals surface area contributed by atoms with Gasteiger partial charge in [-0.05, 0) is 23.3 Å². The van der Waals surface area contributed by atoms with Crippen molar-refractivity contribution in [3.8, 4) is 5.75 Å². The molecular formula is C11H10Cl2O. The van der Waals surface area contributed by atoms with Crippen LogP contribution in [0.3, 0.4) is 0 Å². The monoisotopic (exact) mass is 228 g/mol. The van der Waals surface area contributed by atoms with Crippen molar-refractivity contribution in [2.24, 2.45) is 0 Å². The minimum absolute atomic E-state index is 0.470. The molecule has 0 fully saturated rings. The second kappa shape index (κ2) is 4.54. The van der Waals surface area contributed by atoms with Gasteiger partial charge >= 0.3 is 0 Å². The number of hydrogen-bond donors (Lipinski definition) is 0. The summed E-state index contributed by atoms with van der Waals surface area (Å²) in [4.78, 5) is 0. The van der Waals surface area contributed by atoms with E-state index in [1.807, 2.05) is 0 Å². The maximum atomic E-state index is 5.95. The average molecular weight is 229 g/mol. The van der Waals surface area contributed by atoms with E-state index in [1.54, 1.807) is 18.2 Å². The zero-order valence-electron chi connectivity index (χ0n) is 7.81. The second-order valence-corrected chi connectivity index (χ2v) is 3.52. The predicted octanol–water partition coefficient (Wildman–Crippen LogP) is 4.20. The third-order valence-corrected chi connectivity index (χ3v) is 2.38. The van der Waals surface area contributed by atoms with Crippen LogP contribution in [0.4, 0.5) is 0 Å². The Morgan fingerprint density at radius 2 is 1.86 bits per heavy atom. The van der Waals surface area contributed by atoms with Crippen molar-refractivity contribution in [2.75, 3.05) is 7.11 Å². The molecule has 1 rings (SSSR count). The van der Waals surface area contributed by atoms with E-state index in [0.29, 0.717) is 15.8 Å². The Balaban J connectivity index is 3.27.